The number of nitrogens with zero attached hydrogens (tertiary/aromatic N) is 3. The van der Waals surface area contributed by atoms with Crippen molar-refractivity contribution in [2.75, 3.05) is 4.90 Å². The molecular weight excluding hydrogens is 578 g/mol. The van der Waals surface area contributed by atoms with Crippen LogP contribution in [-0.4, -0.2) is 9.97 Å². The van der Waals surface area contributed by atoms with Crippen LogP contribution in [-0.2, 0) is 0 Å². The number of pyridine rings is 2. The fraction of sp³-hybridized carbons (Fsp3) is 0. The van der Waals surface area contributed by atoms with Crippen LogP contribution in [0.1, 0.15) is 0 Å². The summed E-state index contributed by atoms with van der Waals surface area (Å²) in [5.74, 6) is 0.775. The van der Waals surface area contributed by atoms with Crippen LogP contribution in [0, 0.1) is 0 Å². The van der Waals surface area contributed by atoms with Crippen molar-refractivity contribution in [3.63, 3.8) is 0 Å². The van der Waals surface area contributed by atoms with E-state index in [-0.39, 0.29) is 0 Å². The Labute approximate surface area is 268 Å². The molecule has 0 saturated carbocycles. The zero-order chi connectivity index (χ0) is 30.9. The monoisotopic (exact) mass is 603 g/mol. The van der Waals surface area contributed by atoms with Gasteiger partial charge in [0.15, 0.2) is 0 Å². The second-order valence-electron chi connectivity index (χ2n) is 11.8. The van der Waals surface area contributed by atoms with Crippen LogP contribution in [0.5, 0.6) is 0 Å². The number of hydrogen-bond donors (Lipinski definition) is 0. The van der Waals surface area contributed by atoms with Crippen molar-refractivity contribution in [2.45, 2.75) is 0 Å². The van der Waals surface area contributed by atoms with Gasteiger partial charge in [-0.25, -0.2) is 9.97 Å². The van der Waals surface area contributed by atoms with Crippen LogP contribution in [0.15, 0.2) is 161 Å². The Hall–Kier alpha value is -6.46. The zero-order valence-corrected chi connectivity index (χ0v) is 25.1. The third-order valence-corrected chi connectivity index (χ3v) is 9.16. The molecule has 0 unspecified atom stereocenters. The summed E-state index contributed by atoms with van der Waals surface area (Å²) in [7, 11) is 0. The topological polar surface area (TPSA) is 55.3 Å². The Balaban J connectivity index is 1.23. The van der Waals surface area contributed by atoms with E-state index in [2.05, 4.69) is 101 Å². The summed E-state index contributed by atoms with van der Waals surface area (Å²) in [5, 5.41) is 8.67. The van der Waals surface area contributed by atoms with E-state index in [4.69, 9.17) is 13.8 Å². The number of anilines is 3. The molecule has 0 bridgehead atoms. The van der Waals surface area contributed by atoms with Crippen molar-refractivity contribution < 1.29 is 8.83 Å². The molecule has 47 heavy (non-hydrogen) atoms. The van der Waals surface area contributed by atoms with Crippen molar-refractivity contribution in [1.82, 2.24) is 9.97 Å². The minimum absolute atomic E-state index is 0.582. The summed E-state index contributed by atoms with van der Waals surface area (Å²) < 4.78 is 12.6. The van der Waals surface area contributed by atoms with Crippen LogP contribution < -0.4 is 4.90 Å². The number of benzene rings is 6. The molecule has 0 saturated heterocycles. The highest BCUT2D eigenvalue weighted by Crippen LogP contribution is 2.46. The number of rotatable bonds is 4. The Morgan fingerprint density at radius 3 is 2.06 bits per heavy atom. The SMILES string of the molecule is c1ccc2c(-c3ccc4cc(N(c5nccc6oc7ccccc7c56)c5ccnc6oc7ccccc7c56)ccc4c3)cccc2c1. The number of fused-ring (bicyclic) bond motifs is 8. The fourth-order valence-electron chi connectivity index (χ4n) is 7.03. The first-order chi connectivity index (χ1) is 23.3. The molecule has 4 aromatic heterocycles. The Kier molecular flexibility index (Phi) is 5.51. The molecule has 0 spiro atoms. The summed E-state index contributed by atoms with van der Waals surface area (Å²) in [6, 6.07) is 48.5. The average Bonchev–Trinajstić information content (AvgIpc) is 3.71. The molecule has 10 aromatic rings. The molecule has 0 aliphatic carbocycles. The van der Waals surface area contributed by atoms with Gasteiger partial charge in [-0.15, -0.1) is 0 Å². The van der Waals surface area contributed by atoms with E-state index in [9.17, 15) is 0 Å². The lowest BCUT2D eigenvalue weighted by atomic mass is 9.96. The summed E-state index contributed by atoms with van der Waals surface area (Å²) in [6.07, 6.45) is 3.62. The van der Waals surface area contributed by atoms with Crippen LogP contribution >= 0.6 is 0 Å². The molecule has 0 aliphatic heterocycles. The summed E-state index contributed by atoms with van der Waals surface area (Å²) >= 11 is 0. The van der Waals surface area contributed by atoms with Gasteiger partial charge in [-0.2, -0.15) is 0 Å². The molecular formula is C42H25N3O2. The first-order valence-electron chi connectivity index (χ1n) is 15.6. The maximum absolute atomic E-state index is 6.32. The van der Waals surface area contributed by atoms with Crippen LogP contribution in [0.4, 0.5) is 17.2 Å². The largest absolute Gasteiger partial charge is 0.456 e. The number of furan rings is 2. The van der Waals surface area contributed by atoms with Crippen LogP contribution in [0.3, 0.4) is 0 Å². The minimum Gasteiger partial charge on any atom is -0.456 e. The Morgan fingerprint density at radius 2 is 1.17 bits per heavy atom. The van der Waals surface area contributed by atoms with E-state index >= 15 is 0 Å². The Morgan fingerprint density at radius 1 is 0.468 bits per heavy atom. The summed E-state index contributed by atoms with van der Waals surface area (Å²) in [5.41, 5.74) is 7.30. The summed E-state index contributed by atoms with van der Waals surface area (Å²) in [4.78, 5) is 11.9. The van der Waals surface area contributed by atoms with Crippen molar-refractivity contribution in [1.29, 1.82) is 0 Å². The van der Waals surface area contributed by atoms with E-state index < -0.39 is 0 Å². The number of para-hydroxylation sites is 2. The first-order valence-corrected chi connectivity index (χ1v) is 15.6. The molecule has 0 radical (unpaired) electrons. The lowest BCUT2D eigenvalue weighted by Crippen LogP contribution is -2.12. The highest BCUT2D eigenvalue weighted by Gasteiger charge is 2.24. The molecule has 4 heterocycles. The van der Waals surface area contributed by atoms with Gasteiger partial charge in [0.25, 0.3) is 0 Å². The molecule has 5 heteroatoms. The van der Waals surface area contributed by atoms with Gasteiger partial charge in [-0.3, -0.25) is 4.90 Å². The number of hydrogen-bond acceptors (Lipinski definition) is 5. The van der Waals surface area contributed by atoms with Gasteiger partial charge in [-0.05, 0) is 75.1 Å². The van der Waals surface area contributed by atoms with E-state index in [0.29, 0.717) is 5.71 Å². The molecule has 0 amide bonds. The zero-order valence-electron chi connectivity index (χ0n) is 25.1. The molecule has 10 rings (SSSR count). The average molecular weight is 604 g/mol. The standard InChI is InChI=1S/C42H25N3O2/c1-2-10-31-26(8-1)9-7-13-32(31)29-17-16-28-25-30(19-18-27(28)24-29)45(35-20-22-44-42-39(35)33-11-3-6-15-37(33)47-42)41-40-34-12-4-5-14-36(34)46-38(40)21-23-43-41/h1-25H. The van der Waals surface area contributed by atoms with Gasteiger partial charge < -0.3 is 8.83 Å². The van der Waals surface area contributed by atoms with Crippen LogP contribution in [0.2, 0.25) is 0 Å². The Bertz CT molecular complexity index is 2710. The fourth-order valence-corrected chi connectivity index (χ4v) is 7.03. The normalized spacial score (nSPS) is 11.8. The maximum atomic E-state index is 6.32. The van der Waals surface area contributed by atoms with Gasteiger partial charge in [-0.1, -0.05) is 97.1 Å². The van der Waals surface area contributed by atoms with E-state index in [1.807, 2.05) is 54.7 Å². The minimum atomic E-state index is 0.582. The van der Waals surface area contributed by atoms with Gasteiger partial charge in [0.2, 0.25) is 5.71 Å². The lowest BCUT2D eigenvalue weighted by molar-refractivity contribution is 0.654. The van der Waals surface area contributed by atoms with Crippen molar-refractivity contribution in [3.8, 4) is 11.1 Å². The van der Waals surface area contributed by atoms with Crippen molar-refractivity contribution >= 4 is 82.7 Å². The van der Waals surface area contributed by atoms with Crippen LogP contribution in [0.25, 0.3) is 76.7 Å². The third kappa shape index (κ3) is 3.97. The molecule has 0 atom stereocenters. The third-order valence-electron chi connectivity index (χ3n) is 9.16. The molecule has 5 nitrogen and oxygen atoms in total. The van der Waals surface area contributed by atoms with Crippen molar-refractivity contribution in [3.05, 3.63) is 152 Å². The molecule has 0 fully saturated rings. The second-order valence-corrected chi connectivity index (χ2v) is 11.8. The van der Waals surface area contributed by atoms with E-state index in [1.165, 1.54) is 21.9 Å². The van der Waals surface area contributed by atoms with Gasteiger partial charge >= 0.3 is 0 Å². The smallest absolute Gasteiger partial charge is 0.229 e. The van der Waals surface area contributed by atoms with Crippen molar-refractivity contribution in [2.24, 2.45) is 0 Å². The second kappa shape index (κ2) is 10.0. The molecule has 0 aliphatic rings. The molecule has 0 N–H and O–H groups in total. The summed E-state index contributed by atoms with van der Waals surface area (Å²) in [6.45, 7) is 0. The quantitative estimate of drug-likeness (QED) is 0.200. The van der Waals surface area contributed by atoms with Gasteiger partial charge in [0.1, 0.15) is 22.6 Å². The molecule has 220 valence electrons. The molecule has 6 aromatic carbocycles. The van der Waals surface area contributed by atoms with E-state index in [0.717, 1.165) is 66.3 Å². The predicted molar refractivity (Wildman–Crippen MR) is 192 cm³/mol. The number of aromatic nitrogens is 2. The lowest BCUT2D eigenvalue weighted by Gasteiger charge is -2.26. The first kappa shape index (κ1) is 25.8. The predicted octanol–water partition coefficient (Wildman–Crippen LogP) is 11.7. The highest BCUT2D eigenvalue weighted by atomic mass is 16.3. The van der Waals surface area contributed by atoms with E-state index in [1.54, 1.807) is 6.20 Å². The van der Waals surface area contributed by atoms with Gasteiger partial charge in [0, 0.05) is 28.9 Å². The highest BCUT2D eigenvalue weighted by molar-refractivity contribution is 6.16. The maximum Gasteiger partial charge on any atom is 0.229 e. The van der Waals surface area contributed by atoms with Gasteiger partial charge in [0.05, 0.1) is 16.5 Å².